The second kappa shape index (κ2) is 7.37. The number of aromatic hydroxyl groups is 1. The largest absolute Gasteiger partial charge is 0.506 e. The highest BCUT2D eigenvalue weighted by Crippen LogP contribution is 2.35. The van der Waals surface area contributed by atoms with Crippen LogP contribution >= 0.6 is 23.2 Å². The van der Waals surface area contributed by atoms with E-state index in [0.717, 1.165) is 5.69 Å². The third kappa shape index (κ3) is 4.07. The van der Waals surface area contributed by atoms with Crippen LogP contribution in [0.2, 0.25) is 10.0 Å². The lowest BCUT2D eigenvalue weighted by molar-refractivity contribution is 0.475. The Morgan fingerprint density at radius 3 is 2.09 bits per heavy atom. The first kappa shape index (κ1) is 17.8. The maximum absolute atomic E-state index is 10.1. The second-order valence-corrected chi connectivity index (χ2v) is 7.02. The molecule has 0 radical (unpaired) electrons. The van der Waals surface area contributed by atoms with Crippen molar-refractivity contribution in [2.75, 3.05) is 0 Å². The van der Waals surface area contributed by atoms with Crippen LogP contribution in [0.25, 0.3) is 0 Å². The van der Waals surface area contributed by atoms with Crippen molar-refractivity contribution < 1.29 is 5.11 Å². The number of para-hydroxylation sites is 1. The van der Waals surface area contributed by atoms with Crippen molar-refractivity contribution in [2.24, 2.45) is 4.99 Å². The first-order chi connectivity index (χ1) is 10.8. The highest BCUT2D eigenvalue weighted by atomic mass is 35.5. The van der Waals surface area contributed by atoms with Crippen molar-refractivity contribution in [3.8, 4) is 5.75 Å². The molecule has 0 fully saturated rings. The van der Waals surface area contributed by atoms with Crippen LogP contribution in [0, 0.1) is 0 Å². The van der Waals surface area contributed by atoms with E-state index >= 15 is 0 Å². The number of rotatable bonds is 4. The molecule has 0 atom stereocenters. The molecule has 4 heteroatoms. The minimum absolute atomic E-state index is 0.00654. The van der Waals surface area contributed by atoms with Gasteiger partial charge in [0.05, 0.1) is 10.7 Å². The predicted octanol–water partition coefficient (Wildman–Crippen LogP) is 6.70. The van der Waals surface area contributed by atoms with Crippen LogP contribution in [0.3, 0.4) is 0 Å². The molecule has 0 bridgehead atoms. The number of hydrogen-bond donors (Lipinski definition) is 1. The third-order valence-electron chi connectivity index (χ3n) is 3.73. The molecular formula is C19H21Cl2NO. The summed E-state index contributed by atoms with van der Waals surface area (Å²) in [6.45, 7) is 8.58. The van der Waals surface area contributed by atoms with Crippen LogP contribution < -0.4 is 0 Å². The smallest absolute Gasteiger partial charge is 0.143 e. The van der Waals surface area contributed by atoms with Crippen molar-refractivity contribution in [3.63, 3.8) is 0 Å². The van der Waals surface area contributed by atoms with E-state index in [2.05, 4.69) is 50.9 Å². The summed E-state index contributed by atoms with van der Waals surface area (Å²) in [5.41, 5.74) is 3.82. The van der Waals surface area contributed by atoms with Crippen LogP contribution in [0.4, 0.5) is 5.69 Å². The molecule has 0 unspecified atom stereocenters. The molecule has 1 N–H and O–H groups in total. The average Bonchev–Trinajstić information content (AvgIpc) is 2.48. The number of halogens is 2. The zero-order chi connectivity index (χ0) is 17.1. The van der Waals surface area contributed by atoms with Crippen molar-refractivity contribution in [2.45, 2.75) is 39.5 Å². The summed E-state index contributed by atoms with van der Waals surface area (Å²) < 4.78 is 0. The van der Waals surface area contributed by atoms with Gasteiger partial charge in [0.1, 0.15) is 5.75 Å². The summed E-state index contributed by atoms with van der Waals surface area (Å²) in [6.07, 6.45) is 1.63. The molecule has 0 aliphatic carbocycles. The molecule has 0 heterocycles. The van der Waals surface area contributed by atoms with Gasteiger partial charge < -0.3 is 5.11 Å². The molecule has 23 heavy (non-hydrogen) atoms. The Balaban J connectivity index is 2.55. The standard InChI is InChI=1S/C19H21Cl2NO/c1-11(2)15-6-5-7-16(12(3)4)18(15)22-10-13-8-14(20)9-17(21)19(13)23/h5-12,23H,1-4H3. The zero-order valence-corrected chi connectivity index (χ0v) is 15.3. The topological polar surface area (TPSA) is 32.6 Å². The van der Waals surface area contributed by atoms with E-state index in [1.165, 1.54) is 17.2 Å². The summed E-state index contributed by atoms with van der Waals surface area (Å²) in [5, 5.41) is 10.8. The summed E-state index contributed by atoms with van der Waals surface area (Å²) in [5.74, 6) is 0.711. The Kier molecular flexibility index (Phi) is 5.72. The molecule has 0 amide bonds. The Morgan fingerprint density at radius 1 is 1.00 bits per heavy atom. The Hall–Kier alpha value is -1.51. The number of benzene rings is 2. The summed E-state index contributed by atoms with van der Waals surface area (Å²) in [6, 6.07) is 9.41. The fraction of sp³-hybridized carbons (Fsp3) is 0.316. The molecule has 0 saturated carbocycles. The molecule has 122 valence electrons. The maximum atomic E-state index is 10.1. The summed E-state index contributed by atoms with van der Waals surface area (Å²) >= 11 is 12.0. The van der Waals surface area contributed by atoms with Crippen molar-refractivity contribution in [1.82, 2.24) is 0 Å². The second-order valence-electron chi connectivity index (χ2n) is 6.18. The first-order valence-corrected chi connectivity index (χ1v) is 8.41. The van der Waals surface area contributed by atoms with Gasteiger partial charge in [-0.25, -0.2) is 0 Å². The number of aliphatic imine (C=N–C) groups is 1. The molecule has 2 aromatic rings. The Morgan fingerprint density at radius 2 is 1.57 bits per heavy atom. The predicted molar refractivity (Wildman–Crippen MR) is 100 cm³/mol. The van der Waals surface area contributed by atoms with Crippen molar-refractivity contribution in [1.29, 1.82) is 0 Å². The van der Waals surface area contributed by atoms with Gasteiger partial charge in [-0.3, -0.25) is 4.99 Å². The van der Waals surface area contributed by atoms with Gasteiger partial charge in [0.2, 0.25) is 0 Å². The minimum atomic E-state index is -0.00654. The number of hydrogen-bond acceptors (Lipinski definition) is 2. The van der Waals surface area contributed by atoms with Gasteiger partial charge in [0.15, 0.2) is 0 Å². The normalized spacial score (nSPS) is 11.8. The highest BCUT2D eigenvalue weighted by Gasteiger charge is 2.13. The third-order valence-corrected chi connectivity index (χ3v) is 4.24. The van der Waals surface area contributed by atoms with Gasteiger partial charge in [-0.2, -0.15) is 0 Å². The van der Waals surface area contributed by atoms with Crippen LogP contribution in [0.5, 0.6) is 5.75 Å². The van der Waals surface area contributed by atoms with Crippen LogP contribution in [0.1, 0.15) is 56.2 Å². The summed E-state index contributed by atoms with van der Waals surface area (Å²) in [4.78, 5) is 4.66. The molecule has 0 aliphatic rings. The monoisotopic (exact) mass is 349 g/mol. The van der Waals surface area contributed by atoms with Crippen LogP contribution in [0.15, 0.2) is 35.3 Å². The molecule has 2 rings (SSSR count). The van der Waals surface area contributed by atoms with Crippen molar-refractivity contribution >= 4 is 35.1 Å². The average molecular weight is 350 g/mol. The van der Waals surface area contributed by atoms with E-state index in [0.29, 0.717) is 22.4 Å². The molecule has 0 aromatic heterocycles. The molecule has 0 spiro atoms. The molecule has 2 aromatic carbocycles. The maximum Gasteiger partial charge on any atom is 0.143 e. The van der Waals surface area contributed by atoms with Crippen LogP contribution in [-0.4, -0.2) is 11.3 Å². The van der Waals surface area contributed by atoms with Gasteiger partial charge >= 0.3 is 0 Å². The quantitative estimate of drug-likeness (QED) is 0.612. The lowest BCUT2D eigenvalue weighted by Crippen LogP contribution is -1.96. The Bertz CT molecular complexity index is 710. The zero-order valence-electron chi connectivity index (χ0n) is 13.8. The Labute approximate surface area is 147 Å². The van der Waals surface area contributed by atoms with Gasteiger partial charge in [-0.15, -0.1) is 0 Å². The fourth-order valence-electron chi connectivity index (χ4n) is 2.48. The minimum Gasteiger partial charge on any atom is -0.506 e. The molecular weight excluding hydrogens is 329 g/mol. The van der Waals surface area contributed by atoms with Gasteiger partial charge in [-0.05, 0) is 35.1 Å². The van der Waals surface area contributed by atoms with Gasteiger partial charge in [0, 0.05) is 16.8 Å². The molecule has 0 aliphatic heterocycles. The van der Waals surface area contributed by atoms with Gasteiger partial charge in [-0.1, -0.05) is 69.1 Å². The number of nitrogens with zero attached hydrogens (tertiary/aromatic N) is 1. The highest BCUT2D eigenvalue weighted by molar-refractivity contribution is 6.36. The van der Waals surface area contributed by atoms with E-state index in [4.69, 9.17) is 23.2 Å². The SMILES string of the molecule is CC(C)c1cccc(C(C)C)c1N=Cc1cc(Cl)cc(Cl)c1O. The lowest BCUT2D eigenvalue weighted by Gasteiger charge is -2.16. The van der Waals surface area contributed by atoms with E-state index in [-0.39, 0.29) is 10.8 Å². The van der Waals surface area contributed by atoms with E-state index in [9.17, 15) is 5.11 Å². The molecule has 2 nitrogen and oxygen atoms in total. The van der Waals surface area contributed by atoms with Crippen LogP contribution in [-0.2, 0) is 0 Å². The number of phenolic OH excluding ortho intramolecular Hbond substituents is 1. The van der Waals surface area contributed by atoms with Gasteiger partial charge in [0.25, 0.3) is 0 Å². The van der Waals surface area contributed by atoms with E-state index < -0.39 is 0 Å². The first-order valence-electron chi connectivity index (χ1n) is 7.66. The van der Waals surface area contributed by atoms with Crippen molar-refractivity contribution in [3.05, 3.63) is 57.1 Å². The van der Waals surface area contributed by atoms with E-state index in [1.807, 2.05) is 0 Å². The fourth-order valence-corrected chi connectivity index (χ4v) is 2.99. The molecule has 0 saturated heterocycles. The number of phenols is 1. The summed E-state index contributed by atoms with van der Waals surface area (Å²) in [7, 11) is 0. The van der Waals surface area contributed by atoms with E-state index in [1.54, 1.807) is 12.3 Å². The lowest BCUT2D eigenvalue weighted by atomic mass is 9.93.